The van der Waals surface area contributed by atoms with E-state index in [1.165, 1.54) is 43.6 Å². The lowest BCUT2D eigenvalue weighted by Crippen LogP contribution is -2.14. The number of amides is 1. The zero-order chi connectivity index (χ0) is 22.3. The number of benzene rings is 2. The van der Waals surface area contributed by atoms with E-state index in [1.807, 2.05) is 0 Å². The number of aromatic nitrogens is 3. The Bertz CT molecular complexity index is 1290. The molecule has 0 fully saturated rings. The van der Waals surface area contributed by atoms with E-state index in [4.69, 9.17) is 0 Å². The first kappa shape index (κ1) is 20.5. The molecular weight excluding hydrogens is 419 g/mol. The number of halogens is 5. The maximum atomic E-state index is 14.0. The monoisotopic (exact) mass is 432 g/mol. The summed E-state index contributed by atoms with van der Waals surface area (Å²) in [7, 11) is 1.27. The molecule has 0 aliphatic heterocycles. The van der Waals surface area contributed by atoms with Gasteiger partial charge in [0, 0.05) is 35.8 Å². The minimum atomic E-state index is -4.64. The number of fused-ring (bicyclic) bond motifs is 1. The van der Waals surface area contributed by atoms with Gasteiger partial charge in [-0.2, -0.15) is 18.3 Å². The smallest absolute Gasteiger partial charge is 0.307 e. The SMILES string of the molecule is Cn1nc(C(F)(F)F)cc1NC(=O)c1ccc2cc(-c3c(F)cccc3F)cnc2c1. The summed E-state index contributed by atoms with van der Waals surface area (Å²) in [6, 6.07) is 10.2. The third-order valence-corrected chi connectivity index (χ3v) is 4.61. The molecule has 1 amide bonds. The van der Waals surface area contributed by atoms with Crippen molar-refractivity contribution in [3.8, 4) is 11.1 Å². The first-order chi connectivity index (χ1) is 14.6. The van der Waals surface area contributed by atoms with Crippen LogP contribution in [0.15, 0.2) is 54.7 Å². The van der Waals surface area contributed by atoms with E-state index in [2.05, 4.69) is 15.4 Å². The molecule has 158 valence electrons. The van der Waals surface area contributed by atoms with E-state index in [1.54, 1.807) is 0 Å². The molecule has 0 saturated carbocycles. The molecule has 0 radical (unpaired) electrons. The van der Waals surface area contributed by atoms with Crippen LogP contribution in [0, 0.1) is 11.6 Å². The summed E-state index contributed by atoms with van der Waals surface area (Å²) in [5.74, 6) is -2.25. The number of anilines is 1. The third-order valence-electron chi connectivity index (χ3n) is 4.61. The molecule has 0 saturated heterocycles. The quantitative estimate of drug-likeness (QED) is 0.454. The second-order valence-electron chi connectivity index (χ2n) is 6.72. The van der Waals surface area contributed by atoms with Gasteiger partial charge in [-0.3, -0.25) is 14.5 Å². The Labute approximate surface area is 172 Å². The maximum absolute atomic E-state index is 14.0. The van der Waals surface area contributed by atoms with E-state index >= 15 is 0 Å². The van der Waals surface area contributed by atoms with Crippen molar-refractivity contribution in [1.29, 1.82) is 0 Å². The van der Waals surface area contributed by atoms with Crippen molar-refractivity contribution in [3.05, 3.63) is 77.6 Å². The Kier molecular flexibility index (Phi) is 4.92. The number of alkyl halides is 3. The van der Waals surface area contributed by atoms with Crippen molar-refractivity contribution in [1.82, 2.24) is 14.8 Å². The topological polar surface area (TPSA) is 59.8 Å². The Morgan fingerprint density at radius 3 is 2.39 bits per heavy atom. The van der Waals surface area contributed by atoms with Gasteiger partial charge in [0.1, 0.15) is 17.5 Å². The van der Waals surface area contributed by atoms with Gasteiger partial charge in [-0.25, -0.2) is 8.78 Å². The van der Waals surface area contributed by atoms with Crippen LogP contribution in [0.25, 0.3) is 22.0 Å². The number of aryl methyl sites for hydroxylation is 1. The molecule has 0 aliphatic carbocycles. The zero-order valence-electron chi connectivity index (χ0n) is 15.8. The second kappa shape index (κ2) is 7.46. The molecule has 0 aliphatic rings. The lowest BCUT2D eigenvalue weighted by molar-refractivity contribution is -0.141. The fraction of sp³-hybridized carbons (Fsp3) is 0.0952. The van der Waals surface area contributed by atoms with E-state index < -0.39 is 29.4 Å². The summed E-state index contributed by atoms with van der Waals surface area (Å²) in [5.41, 5.74) is -0.600. The molecule has 10 heteroatoms. The minimum absolute atomic E-state index is 0.129. The van der Waals surface area contributed by atoms with Crippen molar-refractivity contribution < 1.29 is 26.7 Å². The van der Waals surface area contributed by atoms with Gasteiger partial charge >= 0.3 is 6.18 Å². The molecule has 2 aromatic heterocycles. The predicted octanol–water partition coefficient (Wildman–Crippen LogP) is 5.18. The van der Waals surface area contributed by atoms with Crippen molar-refractivity contribution in [2.75, 3.05) is 5.32 Å². The van der Waals surface area contributed by atoms with Crippen LogP contribution in [0.1, 0.15) is 16.1 Å². The first-order valence-electron chi connectivity index (χ1n) is 8.90. The van der Waals surface area contributed by atoms with Gasteiger partial charge in [0.25, 0.3) is 5.91 Å². The van der Waals surface area contributed by atoms with Crippen LogP contribution in [0.5, 0.6) is 0 Å². The molecular formula is C21H13F5N4O. The Morgan fingerprint density at radius 2 is 1.74 bits per heavy atom. The molecule has 1 N–H and O–H groups in total. The maximum Gasteiger partial charge on any atom is 0.435 e. The predicted molar refractivity (Wildman–Crippen MR) is 103 cm³/mol. The molecule has 5 nitrogen and oxygen atoms in total. The minimum Gasteiger partial charge on any atom is -0.307 e. The van der Waals surface area contributed by atoms with Gasteiger partial charge in [-0.1, -0.05) is 12.1 Å². The normalized spacial score (nSPS) is 11.7. The fourth-order valence-electron chi connectivity index (χ4n) is 3.08. The highest BCUT2D eigenvalue weighted by Gasteiger charge is 2.34. The molecule has 0 spiro atoms. The molecule has 31 heavy (non-hydrogen) atoms. The van der Waals surface area contributed by atoms with Gasteiger partial charge in [-0.05, 0) is 30.3 Å². The molecule has 4 aromatic rings. The van der Waals surface area contributed by atoms with Crippen molar-refractivity contribution in [3.63, 3.8) is 0 Å². The van der Waals surface area contributed by atoms with Gasteiger partial charge in [0.2, 0.25) is 0 Å². The van der Waals surface area contributed by atoms with Gasteiger partial charge in [-0.15, -0.1) is 0 Å². The second-order valence-corrected chi connectivity index (χ2v) is 6.72. The zero-order valence-corrected chi connectivity index (χ0v) is 15.8. The first-order valence-corrected chi connectivity index (χ1v) is 8.90. The number of carbonyl (C=O) groups excluding carboxylic acids is 1. The van der Waals surface area contributed by atoms with E-state index in [0.717, 1.165) is 22.9 Å². The number of hydrogen-bond donors (Lipinski definition) is 1. The fourth-order valence-corrected chi connectivity index (χ4v) is 3.08. The highest BCUT2D eigenvalue weighted by Crippen LogP contribution is 2.30. The average Bonchev–Trinajstić information content (AvgIpc) is 3.08. The van der Waals surface area contributed by atoms with Crippen molar-refractivity contribution in [2.24, 2.45) is 7.05 Å². The van der Waals surface area contributed by atoms with Crippen LogP contribution in [-0.4, -0.2) is 20.7 Å². The summed E-state index contributed by atoms with van der Waals surface area (Å²) >= 11 is 0. The van der Waals surface area contributed by atoms with Crippen LogP contribution >= 0.6 is 0 Å². The Morgan fingerprint density at radius 1 is 1.03 bits per heavy atom. The lowest BCUT2D eigenvalue weighted by Gasteiger charge is -2.08. The lowest BCUT2D eigenvalue weighted by atomic mass is 10.0. The molecule has 2 heterocycles. The summed E-state index contributed by atoms with van der Waals surface area (Å²) in [6.45, 7) is 0. The number of hydrogen-bond acceptors (Lipinski definition) is 3. The van der Waals surface area contributed by atoms with Crippen LogP contribution in [-0.2, 0) is 13.2 Å². The molecule has 0 bridgehead atoms. The van der Waals surface area contributed by atoms with Gasteiger partial charge < -0.3 is 5.32 Å². The van der Waals surface area contributed by atoms with Gasteiger partial charge in [0.15, 0.2) is 5.69 Å². The van der Waals surface area contributed by atoms with Crippen LogP contribution in [0.4, 0.5) is 27.8 Å². The third kappa shape index (κ3) is 3.96. The largest absolute Gasteiger partial charge is 0.435 e. The number of carbonyl (C=O) groups is 1. The van der Waals surface area contributed by atoms with Crippen LogP contribution in [0.2, 0.25) is 0 Å². The summed E-state index contributed by atoms with van der Waals surface area (Å²) in [6.07, 6.45) is -3.36. The van der Waals surface area contributed by atoms with Crippen LogP contribution < -0.4 is 5.32 Å². The van der Waals surface area contributed by atoms with Gasteiger partial charge in [0.05, 0.1) is 11.1 Å². The number of pyridine rings is 1. The van der Waals surface area contributed by atoms with Crippen molar-refractivity contribution in [2.45, 2.75) is 6.18 Å². The van der Waals surface area contributed by atoms with Crippen molar-refractivity contribution >= 4 is 22.6 Å². The number of nitrogens with one attached hydrogen (secondary N) is 1. The number of nitrogens with zero attached hydrogens (tertiary/aromatic N) is 3. The highest BCUT2D eigenvalue weighted by atomic mass is 19.4. The highest BCUT2D eigenvalue weighted by molar-refractivity contribution is 6.05. The van der Waals surface area contributed by atoms with E-state index in [-0.39, 0.29) is 22.5 Å². The molecule has 4 rings (SSSR count). The molecule has 2 aromatic carbocycles. The summed E-state index contributed by atoms with van der Waals surface area (Å²) in [5, 5.41) is 6.23. The Hall–Kier alpha value is -3.82. The standard InChI is InChI=1S/C21H13F5N4O/c1-30-18(9-17(29-30)21(24,25)26)28-20(31)12-6-5-11-7-13(10-27-16(11)8-12)19-14(22)3-2-4-15(19)23/h2-10H,1H3,(H,28,31). The van der Waals surface area contributed by atoms with E-state index in [9.17, 15) is 26.7 Å². The summed E-state index contributed by atoms with van der Waals surface area (Å²) < 4.78 is 67.3. The summed E-state index contributed by atoms with van der Waals surface area (Å²) in [4.78, 5) is 16.7. The average molecular weight is 432 g/mol. The molecule has 0 atom stereocenters. The Balaban J connectivity index is 1.63. The number of rotatable bonds is 3. The van der Waals surface area contributed by atoms with Crippen LogP contribution in [0.3, 0.4) is 0 Å². The molecule has 0 unspecified atom stereocenters. The van der Waals surface area contributed by atoms with E-state index in [0.29, 0.717) is 10.9 Å².